The van der Waals surface area contributed by atoms with Crippen LogP contribution in [0.2, 0.25) is 0 Å². The topological polar surface area (TPSA) is 20.3 Å². The van der Waals surface area contributed by atoms with Gasteiger partial charge >= 0.3 is 0 Å². The number of hydrogen-bond donors (Lipinski definition) is 0. The van der Waals surface area contributed by atoms with Gasteiger partial charge in [0.1, 0.15) is 0 Å². The van der Waals surface area contributed by atoms with Crippen molar-refractivity contribution in [3.8, 4) is 0 Å². The molecule has 0 atom stereocenters. The van der Waals surface area contributed by atoms with Crippen molar-refractivity contribution in [2.75, 3.05) is 13.1 Å². The molecular weight excluding hydrogens is 234 g/mol. The number of piperidine rings is 1. The van der Waals surface area contributed by atoms with Crippen LogP contribution >= 0.6 is 0 Å². The second kappa shape index (κ2) is 9.60. The lowest BCUT2D eigenvalue weighted by Crippen LogP contribution is -2.35. The Hall–Kier alpha value is -1.31. The van der Waals surface area contributed by atoms with E-state index in [9.17, 15) is 4.79 Å². The lowest BCUT2D eigenvalue weighted by atomic mass is 10.1. The van der Waals surface area contributed by atoms with Crippen LogP contribution in [0.5, 0.6) is 0 Å². The van der Waals surface area contributed by atoms with Crippen LogP contribution in [0.1, 0.15) is 51.5 Å². The minimum atomic E-state index is 0.323. The van der Waals surface area contributed by atoms with Gasteiger partial charge in [-0.1, -0.05) is 50.6 Å². The van der Waals surface area contributed by atoms with E-state index in [1.54, 1.807) is 0 Å². The highest BCUT2D eigenvalue weighted by molar-refractivity contribution is 5.76. The predicted octanol–water partition coefficient (Wildman–Crippen LogP) is 4.05. The van der Waals surface area contributed by atoms with Gasteiger partial charge in [-0.2, -0.15) is 0 Å². The summed E-state index contributed by atoms with van der Waals surface area (Å²) >= 11 is 0. The Morgan fingerprint density at radius 2 is 1.63 bits per heavy atom. The van der Waals surface area contributed by atoms with Crippen LogP contribution in [0.25, 0.3) is 0 Å². The summed E-state index contributed by atoms with van der Waals surface area (Å²) < 4.78 is 0. The van der Waals surface area contributed by atoms with Crippen LogP contribution in [-0.4, -0.2) is 23.9 Å². The summed E-state index contributed by atoms with van der Waals surface area (Å²) in [6.45, 7) is 6.18. The Balaban J connectivity index is 0.000000550. The molecule has 1 aromatic carbocycles. The molecule has 0 saturated carbocycles. The highest BCUT2D eigenvalue weighted by atomic mass is 16.2. The first-order valence-corrected chi connectivity index (χ1v) is 7.59. The number of likely N-dealkylation sites (tertiary alicyclic amines) is 1. The van der Waals surface area contributed by atoms with Gasteiger partial charge in [0.15, 0.2) is 0 Å². The average molecular weight is 261 g/mol. The molecule has 0 aliphatic carbocycles. The third-order valence-corrected chi connectivity index (χ3v) is 3.18. The van der Waals surface area contributed by atoms with Crippen molar-refractivity contribution in [2.45, 2.75) is 52.4 Å². The van der Waals surface area contributed by atoms with Gasteiger partial charge in [-0.05, 0) is 31.2 Å². The summed E-state index contributed by atoms with van der Waals surface area (Å²) in [6, 6.07) is 10.2. The molecule has 106 valence electrons. The van der Waals surface area contributed by atoms with E-state index in [4.69, 9.17) is 0 Å². The van der Waals surface area contributed by atoms with Gasteiger partial charge in [-0.15, -0.1) is 0 Å². The molecule has 2 nitrogen and oxygen atoms in total. The minimum absolute atomic E-state index is 0.323. The number of amides is 1. The summed E-state index contributed by atoms with van der Waals surface area (Å²) in [5, 5.41) is 0. The Bertz CT molecular complexity index is 342. The largest absolute Gasteiger partial charge is 0.343 e. The Morgan fingerprint density at radius 1 is 1.05 bits per heavy atom. The van der Waals surface area contributed by atoms with Crippen molar-refractivity contribution in [3.63, 3.8) is 0 Å². The fourth-order valence-corrected chi connectivity index (χ4v) is 2.20. The van der Waals surface area contributed by atoms with Crippen LogP contribution in [0, 0.1) is 0 Å². The monoisotopic (exact) mass is 261 g/mol. The molecule has 0 spiro atoms. The maximum absolute atomic E-state index is 11.9. The molecule has 1 amide bonds. The van der Waals surface area contributed by atoms with Crippen molar-refractivity contribution in [2.24, 2.45) is 0 Å². The van der Waals surface area contributed by atoms with Crippen LogP contribution in [0.4, 0.5) is 0 Å². The van der Waals surface area contributed by atoms with E-state index in [-0.39, 0.29) is 0 Å². The zero-order chi connectivity index (χ0) is 13.9. The van der Waals surface area contributed by atoms with Gasteiger partial charge in [-0.3, -0.25) is 4.79 Å². The zero-order valence-electron chi connectivity index (χ0n) is 12.4. The quantitative estimate of drug-likeness (QED) is 0.804. The normalized spacial score (nSPS) is 14.5. The fraction of sp³-hybridized carbons (Fsp3) is 0.588. The lowest BCUT2D eigenvalue weighted by Gasteiger charge is -2.26. The molecular formula is C17H27NO. The smallest absolute Gasteiger partial charge is 0.222 e. The molecule has 1 aliphatic heterocycles. The number of nitrogens with zero attached hydrogens (tertiary/aromatic N) is 1. The maximum atomic E-state index is 11.9. The zero-order valence-corrected chi connectivity index (χ0v) is 12.4. The van der Waals surface area contributed by atoms with Gasteiger partial charge < -0.3 is 4.90 Å². The van der Waals surface area contributed by atoms with Crippen LogP contribution in [-0.2, 0) is 11.2 Å². The van der Waals surface area contributed by atoms with Gasteiger partial charge in [0.25, 0.3) is 0 Å². The van der Waals surface area contributed by atoms with E-state index < -0.39 is 0 Å². The molecule has 1 aliphatic rings. The number of rotatable bonds is 3. The Labute approximate surface area is 117 Å². The second-order valence-electron chi connectivity index (χ2n) is 5.13. The minimum Gasteiger partial charge on any atom is -0.343 e. The van der Waals surface area contributed by atoms with E-state index in [0.29, 0.717) is 12.3 Å². The van der Waals surface area contributed by atoms with E-state index in [0.717, 1.165) is 19.5 Å². The number of carbonyl (C=O) groups excluding carboxylic acids is 1. The highest BCUT2D eigenvalue weighted by Gasteiger charge is 2.15. The lowest BCUT2D eigenvalue weighted by molar-refractivity contribution is -0.132. The van der Waals surface area contributed by atoms with Gasteiger partial charge in [0, 0.05) is 19.5 Å². The summed E-state index contributed by atoms with van der Waals surface area (Å²) in [5.74, 6) is 0.323. The van der Waals surface area contributed by atoms with Crippen molar-refractivity contribution in [1.82, 2.24) is 4.90 Å². The van der Waals surface area contributed by atoms with Gasteiger partial charge in [0.05, 0.1) is 0 Å². The Kier molecular flexibility index (Phi) is 7.95. The molecule has 0 radical (unpaired) electrons. The third kappa shape index (κ3) is 6.42. The first-order chi connectivity index (χ1) is 9.27. The summed E-state index contributed by atoms with van der Waals surface area (Å²) in [5.41, 5.74) is 1.26. The van der Waals surface area contributed by atoms with Crippen LogP contribution < -0.4 is 0 Å². The SMILES string of the molecule is CCC.O=C(CCc1ccccc1)N1CCCCC1. The van der Waals surface area contributed by atoms with Gasteiger partial charge in [0.2, 0.25) is 5.91 Å². The molecule has 1 fully saturated rings. The first kappa shape index (κ1) is 15.7. The molecule has 0 unspecified atom stereocenters. The van der Waals surface area contributed by atoms with E-state index in [1.165, 1.54) is 31.2 Å². The highest BCUT2D eigenvalue weighted by Crippen LogP contribution is 2.11. The Morgan fingerprint density at radius 3 is 2.21 bits per heavy atom. The number of hydrogen-bond acceptors (Lipinski definition) is 1. The number of carbonyl (C=O) groups is 1. The standard InChI is InChI=1S/C14H19NO.C3H8/c16-14(15-11-5-2-6-12-15)10-9-13-7-3-1-4-8-13;1-3-2/h1,3-4,7-8H,2,5-6,9-12H2;3H2,1-2H3. The molecule has 1 saturated heterocycles. The molecule has 1 heterocycles. The fourth-order valence-electron chi connectivity index (χ4n) is 2.20. The summed E-state index contributed by atoms with van der Waals surface area (Å²) in [4.78, 5) is 13.9. The molecule has 2 heteroatoms. The average Bonchev–Trinajstić information content (AvgIpc) is 2.47. The second-order valence-corrected chi connectivity index (χ2v) is 5.13. The third-order valence-electron chi connectivity index (χ3n) is 3.18. The van der Waals surface area contributed by atoms with Crippen molar-refractivity contribution >= 4 is 5.91 Å². The predicted molar refractivity (Wildman–Crippen MR) is 81.2 cm³/mol. The van der Waals surface area contributed by atoms with Gasteiger partial charge in [-0.25, -0.2) is 0 Å². The van der Waals surface area contributed by atoms with Crippen molar-refractivity contribution < 1.29 is 4.79 Å². The van der Waals surface area contributed by atoms with E-state index in [1.807, 2.05) is 23.1 Å². The molecule has 0 bridgehead atoms. The van der Waals surface area contributed by atoms with Crippen LogP contribution in [0.3, 0.4) is 0 Å². The van der Waals surface area contributed by atoms with Crippen molar-refractivity contribution in [3.05, 3.63) is 35.9 Å². The molecule has 1 aromatic rings. The van der Waals surface area contributed by atoms with Crippen molar-refractivity contribution in [1.29, 1.82) is 0 Å². The van der Waals surface area contributed by atoms with E-state index >= 15 is 0 Å². The summed E-state index contributed by atoms with van der Waals surface area (Å²) in [6.07, 6.45) is 6.41. The molecule has 19 heavy (non-hydrogen) atoms. The van der Waals surface area contributed by atoms with Crippen LogP contribution in [0.15, 0.2) is 30.3 Å². The first-order valence-electron chi connectivity index (χ1n) is 7.59. The summed E-state index contributed by atoms with van der Waals surface area (Å²) in [7, 11) is 0. The maximum Gasteiger partial charge on any atom is 0.222 e. The molecule has 0 aromatic heterocycles. The molecule has 0 N–H and O–H groups in total. The molecule has 2 rings (SSSR count). The number of aryl methyl sites for hydroxylation is 1. The van der Waals surface area contributed by atoms with E-state index in [2.05, 4.69) is 26.0 Å². The number of benzene rings is 1.